The van der Waals surface area contributed by atoms with Crippen LogP contribution in [0, 0.1) is 5.92 Å². The molecule has 0 bridgehead atoms. The zero-order valence-corrected chi connectivity index (χ0v) is 13.4. The maximum atomic E-state index is 12.1. The van der Waals surface area contributed by atoms with Crippen molar-refractivity contribution in [3.63, 3.8) is 0 Å². The fraction of sp³-hybridized carbons (Fsp3) is 0.375. The molecule has 5 heteroatoms. The lowest BCUT2D eigenvalue weighted by molar-refractivity contribution is -0.137. The molecule has 4 nitrogen and oxygen atoms in total. The highest BCUT2D eigenvalue weighted by Crippen LogP contribution is 2.21. The number of imidazole rings is 1. The molecule has 0 saturated carbocycles. The van der Waals surface area contributed by atoms with Crippen LogP contribution in [0.2, 0.25) is 0 Å². The number of nitrogens with zero attached hydrogens (tertiary/aromatic N) is 3. The monoisotopic (exact) mass is 347 g/mol. The molecule has 0 atom stereocenters. The van der Waals surface area contributed by atoms with Crippen molar-refractivity contribution in [1.29, 1.82) is 0 Å². The van der Waals surface area contributed by atoms with Crippen molar-refractivity contribution in [2.24, 2.45) is 5.92 Å². The van der Waals surface area contributed by atoms with Gasteiger partial charge in [0.2, 0.25) is 5.91 Å². The lowest BCUT2D eigenvalue weighted by Crippen LogP contribution is -2.51. The Morgan fingerprint density at radius 2 is 2.14 bits per heavy atom. The third kappa shape index (κ3) is 3.53. The molecule has 3 rings (SSSR count). The molecule has 1 amide bonds. The van der Waals surface area contributed by atoms with Gasteiger partial charge < -0.3 is 9.47 Å². The Morgan fingerprint density at radius 3 is 2.86 bits per heavy atom. The van der Waals surface area contributed by atoms with Crippen LogP contribution in [0.3, 0.4) is 0 Å². The summed E-state index contributed by atoms with van der Waals surface area (Å²) in [5.41, 5.74) is 1.20. The van der Waals surface area contributed by atoms with Gasteiger partial charge in [0.25, 0.3) is 0 Å². The molecule has 0 unspecified atom stereocenters. The van der Waals surface area contributed by atoms with Crippen molar-refractivity contribution >= 4 is 21.8 Å². The van der Waals surface area contributed by atoms with Crippen LogP contribution in [0.15, 0.2) is 47.5 Å². The van der Waals surface area contributed by atoms with Crippen LogP contribution in [0.1, 0.15) is 12.0 Å². The van der Waals surface area contributed by atoms with Crippen molar-refractivity contribution in [1.82, 2.24) is 14.5 Å². The highest BCUT2D eigenvalue weighted by atomic mass is 79.9. The van der Waals surface area contributed by atoms with Gasteiger partial charge in [0.15, 0.2) is 0 Å². The largest absolute Gasteiger partial charge is 0.342 e. The molecule has 1 fully saturated rings. The zero-order chi connectivity index (χ0) is 14.7. The Bertz CT molecular complexity index is 606. The van der Waals surface area contributed by atoms with Gasteiger partial charge >= 0.3 is 0 Å². The van der Waals surface area contributed by atoms with E-state index in [0.717, 1.165) is 30.5 Å². The van der Waals surface area contributed by atoms with E-state index in [1.54, 1.807) is 6.20 Å². The van der Waals surface area contributed by atoms with Crippen molar-refractivity contribution < 1.29 is 4.79 Å². The fourth-order valence-electron chi connectivity index (χ4n) is 2.68. The van der Waals surface area contributed by atoms with Crippen molar-refractivity contribution in [2.45, 2.75) is 19.4 Å². The summed E-state index contributed by atoms with van der Waals surface area (Å²) in [6, 6.07) is 8.08. The number of halogens is 1. The minimum absolute atomic E-state index is 0.257. The normalized spacial score (nSPS) is 15.0. The molecule has 21 heavy (non-hydrogen) atoms. The summed E-state index contributed by atoms with van der Waals surface area (Å²) in [6.07, 6.45) is 6.97. The Labute approximate surface area is 132 Å². The van der Waals surface area contributed by atoms with Crippen LogP contribution in [0.4, 0.5) is 0 Å². The van der Waals surface area contributed by atoms with E-state index in [9.17, 15) is 4.79 Å². The number of amides is 1. The van der Waals surface area contributed by atoms with Crippen LogP contribution in [-0.4, -0.2) is 33.4 Å². The molecule has 2 heterocycles. The van der Waals surface area contributed by atoms with Gasteiger partial charge in [0, 0.05) is 48.8 Å². The summed E-state index contributed by atoms with van der Waals surface area (Å²) in [4.78, 5) is 18.1. The first kappa shape index (κ1) is 14.3. The first-order chi connectivity index (χ1) is 10.2. The van der Waals surface area contributed by atoms with Crippen LogP contribution < -0.4 is 0 Å². The highest BCUT2D eigenvalue weighted by Gasteiger charge is 2.30. The molecule has 1 aliphatic rings. The van der Waals surface area contributed by atoms with Gasteiger partial charge in [-0.15, -0.1) is 0 Å². The van der Waals surface area contributed by atoms with E-state index >= 15 is 0 Å². The van der Waals surface area contributed by atoms with Crippen LogP contribution in [-0.2, 0) is 17.8 Å². The molecule has 110 valence electrons. The van der Waals surface area contributed by atoms with Crippen LogP contribution >= 0.6 is 15.9 Å². The van der Waals surface area contributed by atoms with E-state index in [4.69, 9.17) is 0 Å². The first-order valence-electron chi connectivity index (χ1n) is 7.19. The second kappa shape index (κ2) is 6.43. The predicted octanol–water partition coefficient (Wildman–Crippen LogP) is 2.74. The smallest absolute Gasteiger partial charge is 0.222 e. The summed E-state index contributed by atoms with van der Waals surface area (Å²) >= 11 is 3.52. The van der Waals surface area contributed by atoms with Gasteiger partial charge in [-0.1, -0.05) is 34.1 Å². The van der Waals surface area contributed by atoms with E-state index in [1.165, 1.54) is 5.56 Å². The maximum Gasteiger partial charge on any atom is 0.222 e. The van der Waals surface area contributed by atoms with Crippen molar-refractivity contribution in [3.8, 4) is 0 Å². The van der Waals surface area contributed by atoms with E-state index in [0.29, 0.717) is 12.3 Å². The number of carbonyl (C=O) groups excluding carboxylic acids is 1. The molecular weight excluding hydrogens is 330 g/mol. The van der Waals surface area contributed by atoms with E-state index in [2.05, 4.69) is 31.5 Å². The van der Waals surface area contributed by atoms with Gasteiger partial charge in [-0.05, 0) is 18.1 Å². The summed E-state index contributed by atoms with van der Waals surface area (Å²) in [6.45, 7) is 2.69. The predicted molar refractivity (Wildman–Crippen MR) is 84.8 cm³/mol. The Hall–Kier alpha value is -1.62. The molecule has 1 aromatic carbocycles. The number of benzene rings is 1. The number of carbonyl (C=O) groups is 1. The summed E-state index contributed by atoms with van der Waals surface area (Å²) in [5, 5.41) is 0. The zero-order valence-electron chi connectivity index (χ0n) is 11.8. The molecule has 2 aromatic rings. The van der Waals surface area contributed by atoms with E-state index in [-0.39, 0.29) is 5.91 Å². The molecule has 0 aliphatic carbocycles. The third-order valence-corrected chi connectivity index (χ3v) is 4.68. The Morgan fingerprint density at radius 1 is 1.33 bits per heavy atom. The van der Waals surface area contributed by atoms with E-state index in [1.807, 2.05) is 35.6 Å². The Kier molecular flexibility index (Phi) is 4.39. The molecule has 1 saturated heterocycles. The maximum absolute atomic E-state index is 12.1. The minimum Gasteiger partial charge on any atom is -0.342 e. The second-order valence-electron chi connectivity index (χ2n) is 5.52. The number of hydrogen-bond acceptors (Lipinski definition) is 2. The quantitative estimate of drug-likeness (QED) is 0.833. The molecule has 1 aliphatic heterocycles. The van der Waals surface area contributed by atoms with Crippen LogP contribution in [0.25, 0.3) is 0 Å². The topological polar surface area (TPSA) is 38.1 Å². The van der Waals surface area contributed by atoms with Crippen molar-refractivity contribution in [3.05, 3.63) is 53.0 Å². The molecule has 0 spiro atoms. The average Bonchev–Trinajstić information content (AvgIpc) is 2.94. The van der Waals surface area contributed by atoms with E-state index < -0.39 is 0 Å². The second-order valence-corrected chi connectivity index (χ2v) is 6.37. The van der Waals surface area contributed by atoms with Crippen molar-refractivity contribution in [2.75, 3.05) is 13.1 Å². The SMILES string of the molecule is O=C(CCc1ccccc1Br)N1CC(Cn2ccnc2)C1. The highest BCUT2D eigenvalue weighted by molar-refractivity contribution is 9.10. The molecular formula is C16H18BrN3O. The number of rotatable bonds is 5. The summed E-state index contributed by atoms with van der Waals surface area (Å²) < 4.78 is 3.16. The van der Waals surface area contributed by atoms with Gasteiger partial charge in [0.1, 0.15) is 0 Å². The number of aryl methyl sites for hydroxylation is 1. The first-order valence-corrected chi connectivity index (χ1v) is 7.98. The molecule has 0 radical (unpaired) electrons. The minimum atomic E-state index is 0.257. The standard InChI is InChI=1S/C16H18BrN3O/c17-15-4-2-1-3-14(15)5-6-16(21)20-10-13(11-20)9-19-8-7-18-12-19/h1-4,7-8,12-13H,5-6,9-11H2. The summed E-state index contributed by atoms with van der Waals surface area (Å²) in [5.74, 6) is 0.819. The molecule has 1 aromatic heterocycles. The third-order valence-electron chi connectivity index (χ3n) is 3.90. The lowest BCUT2D eigenvalue weighted by atomic mass is 9.99. The number of hydrogen-bond donors (Lipinski definition) is 0. The number of likely N-dealkylation sites (tertiary alicyclic amines) is 1. The van der Waals surface area contributed by atoms with Gasteiger partial charge in [-0.2, -0.15) is 0 Å². The fourth-order valence-corrected chi connectivity index (χ4v) is 3.17. The number of aromatic nitrogens is 2. The van der Waals surface area contributed by atoms with Gasteiger partial charge in [-0.25, -0.2) is 4.98 Å². The van der Waals surface area contributed by atoms with Crippen LogP contribution in [0.5, 0.6) is 0 Å². The Balaban J connectivity index is 1.42. The molecule has 0 N–H and O–H groups in total. The average molecular weight is 348 g/mol. The lowest BCUT2D eigenvalue weighted by Gasteiger charge is -2.39. The van der Waals surface area contributed by atoms with Gasteiger partial charge in [-0.3, -0.25) is 4.79 Å². The summed E-state index contributed by atoms with van der Waals surface area (Å²) in [7, 11) is 0. The van der Waals surface area contributed by atoms with Gasteiger partial charge in [0.05, 0.1) is 6.33 Å².